The van der Waals surface area contributed by atoms with E-state index in [4.69, 9.17) is 5.11 Å². The SMILES string of the molecule is CCN1CCCN(C)C(=O)C1CCC(=O)O. The van der Waals surface area contributed by atoms with Crippen molar-refractivity contribution in [2.75, 3.05) is 26.7 Å². The molecule has 0 aromatic carbocycles. The lowest BCUT2D eigenvalue weighted by atomic mass is 10.1. The predicted molar refractivity (Wildman–Crippen MR) is 60.2 cm³/mol. The third-order valence-corrected chi connectivity index (χ3v) is 3.08. The van der Waals surface area contributed by atoms with Gasteiger partial charge in [0, 0.05) is 26.6 Å². The summed E-state index contributed by atoms with van der Waals surface area (Å²) in [4.78, 5) is 26.4. The first-order chi connectivity index (χ1) is 7.56. The Kier molecular flexibility index (Phi) is 4.73. The number of likely N-dealkylation sites (N-methyl/N-ethyl adjacent to an activating group) is 2. The molecule has 1 heterocycles. The maximum absolute atomic E-state index is 12.0. The molecule has 0 bridgehead atoms. The van der Waals surface area contributed by atoms with Gasteiger partial charge in [-0.3, -0.25) is 14.5 Å². The van der Waals surface area contributed by atoms with Crippen LogP contribution in [0, 0.1) is 0 Å². The van der Waals surface area contributed by atoms with Crippen LogP contribution in [-0.4, -0.2) is 59.5 Å². The molecule has 1 fully saturated rings. The van der Waals surface area contributed by atoms with Gasteiger partial charge in [0.1, 0.15) is 0 Å². The van der Waals surface area contributed by atoms with E-state index in [-0.39, 0.29) is 18.4 Å². The average molecular weight is 228 g/mol. The number of carboxylic acid groups (broad SMARTS) is 1. The Balaban J connectivity index is 2.69. The fourth-order valence-electron chi connectivity index (χ4n) is 2.13. The van der Waals surface area contributed by atoms with E-state index in [9.17, 15) is 9.59 Å². The van der Waals surface area contributed by atoms with E-state index in [0.717, 1.165) is 26.1 Å². The summed E-state index contributed by atoms with van der Waals surface area (Å²) in [5.41, 5.74) is 0. The molecule has 1 N–H and O–H groups in total. The third kappa shape index (κ3) is 3.20. The zero-order valence-electron chi connectivity index (χ0n) is 9.98. The molecule has 0 spiro atoms. The van der Waals surface area contributed by atoms with E-state index in [1.807, 2.05) is 6.92 Å². The quantitative estimate of drug-likeness (QED) is 0.757. The molecule has 1 saturated heterocycles. The molecule has 1 atom stereocenters. The molecule has 1 unspecified atom stereocenters. The molecule has 0 aromatic rings. The lowest BCUT2D eigenvalue weighted by Gasteiger charge is -2.28. The van der Waals surface area contributed by atoms with Crippen molar-refractivity contribution in [3.8, 4) is 0 Å². The van der Waals surface area contributed by atoms with Gasteiger partial charge in [-0.15, -0.1) is 0 Å². The molecular weight excluding hydrogens is 208 g/mol. The fraction of sp³-hybridized carbons (Fsp3) is 0.818. The van der Waals surface area contributed by atoms with Crippen molar-refractivity contribution >= 4 is 11.9 Å². The van der Waals surface area contributed by atoms with Crippen LogP contribution in [0.25, 0.3) is 0 Å². The first-order valence-corrected chi connectivity index (χ1v) is 5.77. The summed E-state index contributed by atoms with van der Waals surface area (Å²) in [7, 11) is 1.79. The van der Waals surface area contributed by atoms with Gasteiger partial charge >= 0.3 is 5.97 Å². The summed E-state index contributed by atoms with van der Waals surface area (Å²) in [5, 5.41) is 8.68. The van der Waals surface area contributed by atoms with E-state index >= 15 is 0 Å². The summed E-state index contributed by atoms with van der Waals surface area (Å²) in [6.45, 7) is 4.44. The lowest BCUT2D eigenvalue weighted by molar-refractivity contribution is -0.138. The van der Waals surface area contributed by atoms with Crippen molar-refractivity contribution < 1.29 is 14.7 Å². The van der Waals surface area contributed by atoms with Crippen molar-refractivity contribution in [1.82, 2.24) is 9.80 Å². The number of nitrogens with zero attached hydrogens (tertiary/aromatic N) is 2. The van der Waals surface area contributed by atoms with Crippen LogP contribution < -0.4 is 0 Å². The van der Waals surface area contributed by atoms with E-state index in [1.54, 1.807) is 11.9 Å². The zero-order chi connectivity index (χ0) is 12.1. The van der Waals surface area contributed by atoms with Crippen molar-refractivity contribution in [3.05, 3.63) is 0 Å². The molecule has 16 heavy (non-hydrogen) atoms. The minimum atomic E-state index is -0.837. The van der Waals surface area contributed by atoms with Crippen LogP contribution in [0.15, 0.2) is 0 Å². The van der Waals surface area contributed by atoms with Crippen LogP contribution in [0.5, 0.6) is 0 Å². The minimum Gasteiger partial charge on any atom is -0.481 e. The number of amides is 1. The molecule has 1 aliphatic heterocycles. The number of hydrogen-bond acceptors (Lipinski definition) is 3. The topological polar surface area (TPSA) is 60.9 Å². The highest BCUT2D eigenvalue weighted by molar-refractivity contribution is 5.82. The first-order valence-electron chi connectivity index (χ1n) is 5.77. The molecule has 1 rings (SSSR count). The van der Waals surface area contributed by atoms with Gasteiger partial charge in [-0.25, -0.2) is 0 Å². The van der Waals surface area contributed by atoms with Crippen LogP contribution >= 0.6 is 0 Å². The van der Waals surface area contributed by atoms with Gasteiger partial charge < -0.3 is 10.0 Å². The Morgan fingerprint density at radius 2 is 2.19 bits per heavy atom. The summed E-state index contributed by atoms with van der Waals surface area (Å²) in [5.74, 6) is -0.781. The maximum atomic E-state index is 12.0. The number of hydrogen-bond donors (Lipinski definition) is 1. The van der Waals surface area contributed by atoms with Crippen molar-refractivity contribution in [3.63, 3.8) is 0 Å². The normalized spacial score (nSPS) is 23.2. The van der Waals surface area contributed by atoms with Crippen LogP contribution in [0.4, 0.5) is 0 Å². The van der Waals surface area contributed by atoms with Crippen LogP contribution in [0.3, 0.4) is 0 Å². The largest absolute Gasteiger partial charge is 0.481 e. The molecule has 92 valence electrons. The Morgan fingerprint density at radius 1 is 1.50 bits per heavy atom. The number of carboxylic acids is 1. The summed E-state index contributed by atoms with van der Waals surface area (Å²) in [6, 6.07) is -0.256. The van der Waals surface area contributed by atoms with E-state index < -0.39 is 5.97 Å². The van der Waals surface area contributed by atoms with Gasteiger partial charge in [-0.05, 0) is 19.4 Å². The lowest BCUT2D eigenvalue weighted by Crippen LogP contribution is -2.44. The van der Waals surface area contributed by atoms with Crippen LogP contribution in [-0.2, 0) is 9.59 Å². The van der Waals surface area contributed by atoms with Gasteiger partial charge in [-0.2, -0.15) is 0 Å². The Labute approximate surface area is 96.0 Å². The van der Waals surface area contributed by atoms with Gasteiger partial charge in [-0.1, -0.05) is 6.92 Å². The Bertz CT molecular complexity index is 268. The van der Waals surface area contributed by atoms with E-state index in [1.165, 1.54) is 0 Å². The summed E-state index contributed by atoms with van der Waals surface area (Å²) in [6.07, 6.45) is 1.42. The molecular formula is C11H20N2O3. The standard InChI is InChI=1S/C11H20N2O3/c1-3-13-8-4-7-12(2)11(16)9(13)5-6-10(14)15/h9H,3-8H2,1-2H3,(H,14,15). The number of rotatable bonds is 4. The smallest absolute Gasteiger partial charge is 0.303 e. The second-order valence-electron chi connectivity index (χ2n) is 4.19. The highest BCUT2D eigenvalue weighted by Gasteiger charge is 2.30. The van der Waals surface area contributed by atoms with Crippen molar-refractivity contribution in [2.45, 2.75) is 32.2 Å². The molecule has 1 aliphatic rings. The highest BCUT2D eigenvalue weighted by atomic mass is 16.4. The van der Waals surface area contributed by atoms with Gasteiger partial charge in [0.25, 0.3) is 0 Å². The van der Waals surface area contributed by atoms with Crippen LogP contribution in [0.2, 0.25) is 0 Å². The zero-order valence-corrected chi connectivity index (χ0v) is 9.98. The molecule has 0 saturated carbocycles. The molecule has 1 amide bonds. The second kappa shape index (κ2) is 5.84. The molecule has 0 aliphatic carbocycles. The predicted octanol–water partition coefficient (Wildman–Crippen LogP) is 0.404. The van der Waals surface area contributed by atoms with Gasteiger partial charge in [0.2, 0.25) is 5.91 Å². The fourth-order valence-corrected chi connectivity index (χ4v) is 2.13. The summed E-state index contributed by atoms with van der Waals surface area (Å²) >= 11 is 0. The monoisotopic (exact) mass is 228 g/mol. The summed E-state index contributed by atoms with van der Waals surface area (Å²) < 4.78 is 0. The maximum Gasteiger partial charge on any atom is 0.303 e. The average Bonchev–Trinajstić information content (AvgIpc) is 2.37. The molecule has 0 aromatic heterocycles. The second-order valence-corrected chi connectivity index (χ2v) is 4.19. The molecule has 5 nitrogen and oxygen atoms in total. The molecule has 0 radical (unpaired) electrons. The Morgan fingerprint density at radius 3 is 2.75 bits per heavy atom. The van der Waals surface area contributed by atoms with E-state index in [2.05, 4.69) is 4.90 Å². The first kappa shape index (κ1) is 13.0. The number of aliphatic carboxylic acids is 1. The van der Waals surface area contributed by atoms with Crippen molar-refractivity contribution in [2.24, 2.45) is 0 Å². The van der Waals surface area contributed by atoms with Gasteiger partial charge in [0.15, 0.2) is 0 Å². The highest BCUT2D eigenvalue weighted by Crippen LogP contribution is 2.14. The van der Waals surface area contributed by atoms with Gasteiger partial charge in [0.05, 0.1) is 6.04 Å². The Hall–Kier alpha value is -1.10. The number of carbonyl (C=O) groups is 2. The third-order valence-electron chi connectivity index (χ3n) is 3.08. The number of carbonyl (C=O) groups excluding carboxylic acids is 1. The minimum absolute atomic E-state index is 0.0561. The van der Waals surface area contributed by atoms with E-state index in [0.29, 0.717) is 6.42 Å². The molecule has 5 heteroatoms. The van der Waals surface area contributed by atoms with Crippen molar-refractivity contribution in [1.29, 1.82) is 0 Å². The van der Waals surface area contributed by atoms with Crippen LogP contribution in [0.1, 0.15) is 26.2 Å².